The van der Waals surface area contributed by atoms with E-state index in [1.807, 2.05) is 0 Å². The minimum absolute atomic E-state index is 0.0679. The number of nitrogens with zero attached hydrogens (tertiary/aromatic N) is 3. The fraction of sp³-hybridized carbons (Fsp3) is 0.388. The second-order valence-corrected chi connectivity index (χ2v) is 17.4. The predicted molar refractivity (Wildman–Crippen MR) is 235 cm³/mol. The van der Waals surface area contributed by atoms with Crippen LogP contribution in [-0.4, -0.2) is 37.9 Å². The van der Waals surface area contributed by atoms with Gasteiger partial charge in [0, 0.05) is 70.2 Å². The average Bonchev–Trinajstić information content (AvgIpc) is 3.75. The van der Waals surface area contributed by atoms with E-state index >= 15 is 0 Å². The van der Waals surface area contributed by atoms with Crippen molar-refractivity contribution in [2.45, 2.75) is 89.9 Å². The number of rotatable bonds is 11. The molecule has 0 fully saturated rings. The summed E-state index contributed by atoms with van der Waals surface area (Å²) in [5, 5.41) is 2.49. The van der Waals surface area contributed by atoms with Crippen molar-refractivity contribution < 1.29 is 9.47 Å². The van der Waals surface area contributed by atoms with Gasteiger partial charge in [-0.1, -0.05) is 77.3 Å². The van der Waals surface area contributed by atoms with E-state index < -0.39 is 0 Å². The molecule has 290 valence electrons. The Balaban J connectivity index is 1.06. The highest BCUT2D eigenvalue weighted by molar-refractivity contribution is 6.10. The topological polar surface area (TPSA) is 81.9 Å². The summed E-state index contributed by atoms with van der Waals surface area (Å²) in [7, 11) is 1.68. The fourth-order valence-electron chi connectivity index (χ4n) is 10.0. The van der Waals surface area contributed by atoms with Gasteiger partial charge in [0.05, 0.1) is 36.1 Å². The third-order valence-corrected chi connectivity index (χ3v) is 13.2. The summed E-state index contributed by atoms with van der Waals surface area (Å²) in [6, 6.07) is 31.4. The molecule has 3 aliphatic heterocycles. The van der Waals surface area contributed by atoms with Gasteiger partial charge in [-0.25, -0.2) is 0 Å². The number of fused-ring (bicyclic) bond motifs is 4. The van der Waals surface area contributed by atoms with Crippen LogP contribution in [0, 0.1) is 0 Å². The maximum atomic E-state index is 6.96. The van der Waals surface area contributed by atoms with Gasteiger partial charge in [-0.2, -0.15) is 0 Å². The molecule has 5 aromatic carbocycles. The predicted octanol–water partition coefficient (Wildman–Crippen LogP) is 11.0. The van der Waals surface area contributed by atoms with Crippen molar-refractivity contribution in [1.29, 1.82) is 0 Å². The maximum Gasteiger partial charge on any atom is 0.148 e. The Morgan fingerprint density at radius 1 is 0.750 bits per heavy atom. The van der Waals surface area contributed by atoms with Crippen LogP contribution in [0.2, 0.25) is 0 Å². The number of aromatic nitrogens is 1. The number of ether oxygens (including phenoxy) is 2. The smallest absolute Gasteiger partial charge is 0.148 e. The van der Waals surface area contributed by atoms with Crippen LogP contribution >= 0.6 is 0 Å². The molecule has 1 atom stereocenters. The van der Waals surface area contributed by atoms with E-state index in [0.29, 0.717) is 12.3 Å². The third-order valence-electron chi connectivity index (χ3n) is 13.2. The monoisotopic (exact) mass is 747 g/mol. The third kappa shape index (κ3) is 6.02. The van der Waals surface area contributed by atoms with E-state index in [1.54, 1.807) is 7.11 Å². The molecule has 0 saturated carbocycles. The lowest BCUT2D eigenvalue weighted by atomic mass is 9.66. The molecule has 7 heteroatoms. The highest BCUT2D eigenvalue weighted by Gasteiger charge is 2.44. The molecule has 1 aromatic heterocycles. The van der Waals surface area contributed by atoms with Gasteiger partial charge >= 0.3 is 0 Å². The zero-order valence-corrected chi connectivity index (χ0v) is 33.9. The van der Waals surface area contributed by atoms with Gasteiger partial charge in [-0.05, 0) is 103 Å². The second kappa shape index (κ2) is 14.0. The molecule has 0 radical (unpaired) electrons. The zero-order valence-electron chi connectivity index (χ0n) is 33.9. The standard InChI is InChI=1S/C49H57N5O2/c1-6-7-8-11-26-56-47-40(51)29-38-46-45(47)49(4,22-25-52(46)24-21-48(38,2)3)31-32-14-16-34(17-15-32)54-41-13-10-9-12-36(41)37-28-35(18-19-42(37)54)53-23-20-33-27-39(50)44(55-5)30-43(33)53/h9-10,12-19,27-30H,6-8,11,20-26,31,50-51H2,1-5H3. The van der Waals surface area contributed by atoms with Crippen LogP contribution < -0.4 is 30.7 Å². The summed E-state index contributed by atoms with van der Waals surface area (Å²) in [6.45, 7) is 13.2. The molecule has 0 bridgehead atoms. The summed E-state index contributed by atoms with van der Waals surface area (Å²) in [5.74, 6) is 1.64. The van der Waals surface area contributed by atoms with E-state index in [-0.39, 0.29) is 10.8 Å². The summed E-state index contributed by atoms with van der Waals surface area (Å²) < 4.78 is 14.7. The van der Waals surface area contributed by atoms with Crippen LogP contribution in [0.15, 0.2) is 84.9 Å². The number of methoxy groups -OCH3 is 1. The van der Waals surface area contributed by atoms with Gasteiger partial charge < -0.3 is 35.3 Å². The van der Waals surface area contributed by atoms with Gasteiger partial charge in [0.2, 0.25) is 0 Å². The number of benzene rings is 5. The van der Waals surface area contributed by atoms with Crippen LogP contribution in [-0.2, 0) is 23.7 Å². The summed E-state index contributed by atoms with van der Waals surface area (Å²) in [5.41, 5.74) is 27.3. The molecule has 4 N–H and O–H groups in total. The highest BCUT2D eigenvalue weighted by atomic mass is 16.5. The normalized spacial score (nSPS) is 18.4. The largest absolute Gasteiger partial charge is 0.495 e. The summed E-state index contributed by atoms with van der Waals surface area (Å²) in [6.07, 6.45) is 8.77. The van der Waals surface area contributed by atoms with E-state index in [4.69, 9.17) is 20.9 Å². The Bertz CT molecular complexity index is 2450. The number of unbranched alkanes of at least 4 members (excludes halogenated alkanes) is 3. The van der Waals surface area contributed by atoms with Crippen molar-refractivity contribution in [2.24, 2.45) is 0 Å². The number of anilines is 5. The number of nitrogen functional groups attached to an aromatic ring is 2. The molecule has 6 aromatic rings. The SMILES string of the molecule is CCCCCCOc1c(N)cc2c3c1C(C)(Cc1ccc(-n4c5ccccc5c5cc(N6CCc7cc(N)c(OC)cc76)ccc54)cc1)CCN3CCC2(C)C. The van der Waals surface area contributed by atoms with Crippen molar-refractivity contribution in [3.05, 3.63) is 107 Å². The van der Waals surface area contributed by atoms with E-state index in [9.17, 15) is 0 Å². The Morgan fingerprint density at radius 2 is 1.52 bits per heavy atom. The lowest BCUT2D eigenvalue weighted by Gasteiger charge is -2.49. The van der Waals surface area contributed by atoms with Gasteiger partial charge in [0.1, 0.15) is 11.5 Å². The molecular formula is C49H57N5O2. The number of para-hydroxylation sites is 1. The van der Waals surface area contributed by atoms with Crippen molar-refractivity contribution >= 4 is 50.2 Å². The number of hydrogen-bond donors (Lipinski definition) is 2. The van der Waals surface area contributed by atoms with Gasteiger partial charge in [0.15, 0.2) is 0 Å². The van der Waals surface area contributed by atoms with Crippen molar-refractivity contribution in [3.63, 3.8) is 0 Å². The molecule has 9 rings (SSSR count). The van der Waals surface area contributed by atoms with Gasteiger partial charge in [-0.3, -0.25) is 0 Å². The summed E-state index contributed by atoms with van der Waals surface area (Å²) >= 11 is 0. The van der Waals surface area contributed by atoms with E-state index in [1.165, 1.54) is 86.1 Å². The molecule has 7 nitrogen and oxygen atoms in total. The lowest BCUT2D eigenvalue weighted by molar-refractivity contribution is 0.288. The Hall–Kier alpha value is -5.30. The minimum atomic E-state index is -0.114. The number of nitrogens with two attached hydrogens (primary N) is 2. The first-order chi connectivity index (χ1) is 27.1. The quantitative estimate of drug-likeness (QED) is 0.101. The van der Waals surface area contributed by atoms with Crippen LogP contribution in [0.4, 0.5) is 28.4 Å². The average molecular weight is 748 g/mol. The number of hydrogen-bond acceptors (Lipinski definition) is 6. The first kappa shape index (κ1) is 36.3. The molecule has 3 aliphatic rings. The zero-order chi connectivity index (χ0) is 38.8. The highest BCUT2D eigenvalue weighted by Crippen LogP contribution is 2.55. The van der Waals surface area contributed by atoms with Crippen LogP contribution in [0.25, 0.3) is 27.5 Å². The maximum absolute atomic E-state index is 6.96. The molecule has 0 amide bonds. The molecule has 1 unspecified atom stereocenters. The first-order valence-electron chi connectivity index (χ1n) is 20.8. The van der Waals surface area contributed by atoms with Crippen molar-refractivity contribution in [3.8, 4) is 17.2 Å². The van der Waals surface area contributed by atoms with E-state index in [2.05, 4.69) is 127 Å². The summed E-state index contributed by atoms with van der Waals surface area (Å²) in [4.78, 5) is 5.01. The molecule has 56 heavy (non-hydrogen) atoms. The molecular weight excluding hydrogens is 691 g/mol. The lowest BCUT2D eigenvalue weighted by Crippen LogP contribution is -2.46. The van der Waals surface area contributed by atoms with Crippen molar-refractivity contribution in [1.82, 2.24) is 4.57 Å². The molecule has 0 aliphatic carbocycles. The molecule has 0 spiro atoms. The first-order valence-corrected chi connectivity index (χ1v) is 20.8. The van der Waals surface area contributed by atoms with Crippen molar-refractivity contribution in [2.75, 3.05) is 54.6 Å². The van der Waals surface area contributed by atoms with Gasteiger partial charge in [-0.15, -0.1) is 0 Å². The fourth-order valence-corrected chi connectivity index (χ4v) is 10.0. The Morgan fingerprint density at radius 3 is 2.32 bits per heavy atom. The second-order valence-electron chi connectivity index (χ2n) is 17.4. The van der Waals surface area contributed by atoms with E-state index in [0.717, 1.165) is 68.9 Å². The van der Waals surface area contributed by atoms with Crippen LogP contribution in [0.5, 0.6) is 11.5 Å². The van der Waals surface area contributed by atoms with Crippen LogP contribution in [0.1, 0.15) is 88.5 Å². The minimum Gasteiger partial charge on any atom is -0.495 e. The molecule has 4 heterocycles. The Kier molecular flexibility index (Phi) is 9.10. The van der Waals surface area contributed by atoms with Gasteiger partial charge in [0.25, 0.3) is 0 Å². The molecule has 0 saturated heterocycles. The Labute approximate surface area is 332 Å². The van der Waals surface area contributed by atoms with Crippen LogP contribution in [0.3, 0.4) is 0 Å².